The van der Waals surface area contributed by atoms with E-state index in [0.717, 1.165) is 6.42 Å². The maximum atomic E-state index is 8.92. The third-order valence-corrected chi connectivity index (χ3v) is 3.56. The van der Waals surface area contributed by atoms with Gasteiger partial charge in [0.25, 0.3) is 0 Å². The summed E-state index contributed by atoms with van der Waals surface area (Å²) in [5.41, 5.74) is 0. The molecule has 1 aliphatic rings. The largest absolute Gasteiger partial charge is 0.197 e. The highest BCUT2D eigenvalue weighted by Gasteiger charge is 2.54. The Bertz CT molecular complexity index is 199. The van der Waals surface area contributed by atoms with Gasteiger partial charge in [0.1, 0.15) is 4.75 Å². The lowest BCUT2D eigenvalue weighted by Crippen LogP contribution is -2.16. The summed E-state index contributed by atoms with van der Waals surface area (Å²) in [6, 6.07) is 2.42. The first kappa shape index (κ1) is 8.93. The number of hydrogen-bond acceptors (Lipinski definition) is 2. The van der Waals surface area contributed by atoms with E-state index in [1.165, 1.54) is 0 Å². The lowest BCUT2D eigenvalue weighted by Gasteiger charge is -2.21. The highest BCUT2D eigenvalue weighted by Crippen LogP contribution is 2.57. The van der Waals surface area contributed by atoms with E-state index in [1.807, 2.05) is 11.8 Å². The number of thioether (sulfide) groups is 1. The zero-order chi connectivity index (χ0) is 8.70. The molecule has 1 fully saturated rings. The fraction of sp³-hybridized carbons (Fsp3) is 0.889. The molecule has 0 aromatic rings. The highest BCUT2D eigenvalue weighted by atomic mass is 32.2. The standard InChI is InChI=1S/C9H15NS/c1-7-5-9(7,6-10)11-8(2,3)4/h7H,5H2,1-4H3. The van der Waals surface area contributed by atoms with Crippen molar-refractivity contribution in [2.75, 3.05) is 0 Å². The van der Waals surface area contributed by atoms with Gasteiger partial charge in [-0.3, -0.25) is 0 Å². The molecular formula is C9H15NS. The van der Waals surface area contributed by atoms with Crippen molar-refractivity contribution in [2.45, 2.75) is 43.6 Å². The van der Waals surface area contributed by atoms with Crippen LogP contribution in [0, 0.1) is 17.2 Å². The minimum atomic E-state index is -0.0434. The predicted octanol–water partition coefficient (Wildman–Crippen LogP) is 2.82. The molecule has 1 aliphatic carbocycles. The van der Waals surface area contributed by atoms with E-state index in [-0.39, 0.29) is 9.49 Å². The maximum absolute atomic E-state index is 8.92. The monoisotopic (exact) mass is 169 g/mol. The molecule has 11 heavy (non-hydrogen) atoms. The van der Waals surface area contributed by atoms with Crippen molar-refractivity contribution in [1.29, 1.82) is 5.26 Å². The second-order valence-corrected chi connectivity index (χ2v) is 6.48. The summed E-state index contributed by atoms with van der Waals surface area (Å²) >= 11 is 1.82. The van der Waals surface area contributed by atoms with Crippen molar-refractivity contribution in [3.8, 4) is 6.07 Å². The molecule has 62 valence electrons. The van der Waals surface area contributed by atoms with Crippen LogP contribution in [0.4, 0.5) is 0 Å². The lowest BCUT2D eigenvalue weighted by molar-refractivity contribution is 0.790. The average molecular weight is 169 g/mol. The lowest BCUT2D eigenvalue weighted by atomic mass is 10.3. The van der Waals surface area contributed by atoms with E-state index in [0.29, 0.717) is 5.92 Å². The van der Waals surface area contributed by atoms with Gasteiger partial charge < -0.3 is 0 Å². The molecule has 0 aliphatic heterocycles. The Morgan fingerprint density at radius 2 is 2.00 bits per heavy atom. The topological polar surface area (TPSA) is 23.8 Å². The van der Waals surface area contributed by atoms with E-state index in [1.54, 1.807) is 0 Å². The van der Waals surface area contributed by atoms with Crippen LogP contribution in [0.2, 0.25) is 0 Å². The zero-order valence-electron chi connectivity index (χ0n) is 7.64. The van der Waals surface area contributed by atoms with E-state index >= 15 is 0 Å². The quantitative estimate of drug-likeness (QED) is 0.602. The molecule has 0 saturated heterocycles. The first-order chi connectivity index (χ1) is 4.90. The summed E-state index contributed by atoms with van der Waals surface area (Å²) in [5.74, 6) is 0.594. The molecule has 1 rings (SSSR count). The third kappa shape index (κ3) is 1.90. The molecule has 0 amide bonds. The summed E-state index contributed by atoms with van der Waals surface area (Å²) in [6.07, 6.45) is 1.07. The first-order valence-electron chi connectivity index (χ1n) is 4.01. The molecular weight excluding hydrogens is 154 g/mol. The SMILES string of the molecule is CC1CC1(C#N)SC(C)(C)C. The van der Waals surface area contributed by atoms with Crippen LogP contribution < -0.4 is 0 Å². The molecule has 0 N–H and O–H groups in total. The number of nitrogens with zero attached hydrogens (tertiary/aromatic N) is 1. The second-order valence-electron chi connectivity index (χ2n) is 4.32. The molecule has 0 spiro atoms. The third-order valence-electron chi connectivity index (χ3n) is 1.92. The van der Waals surface area contributed by atoms with Crippen LogP contribution in [0.5, 0.6) is 0 Å². The van der Waals surface area contributed by atoms with Crippen molar-refractivity contribution in [3.05, 3.63) is 0 Å². The molecule has 0 aromatic carbocycles. The summed E-state index contributed by atoms with van der Waals surface area (Å²) in [5, 5.41) is 8.92. The van der Waals surface area contributed by atoms with Crippen molar-refractivity contribution in [1.82, 2.24) is 0 Å². The molecule has 2 unspecified atom stereocenters. The van der Waals surface area contributed by atoms with Crippen molar-refractivity contribution in [3.63, 3.8) is 0 Å². The Balaban J connectivity index is 2.57. The Morgan fingerprint density at radius 1 is 1.55 bits per heavy atom. The minimum absolute atomic E-state index is 0.0434. The molecule has 0 bridgehead atoms. The number of rotatable bonds is 1. The normalized spacial score (nSPS) is 36.5. The van der Waals surface area contributed by atoms with Crippen LogP contribution in [-0.2, 0) is 0 Å². The summed E-state index contributed by atoms with van der Waals surface area (Å²) < 4.78 is 0.179. The van der Waals surface area contributed by atoms with E-state index in [2.05, 4.69) is 33.8 Å². The van der Waals surface area contributed by atoms with Gasteiger partial charge >= 0.3 is 0 Å². The van der Waals surface area contributed by atoms with Crippen LogP contribution in [0.15, 0.2) is 0 Å². The number of nitriles is 1. The van der Waals surface area contributed by atoms with E-state index in [4.69, 9.17) is 5.26 Å². The second kappa shape index (κ2) is 2.42. The molecule has 2 atom stereocenters. The molecule has 1 saturated carbocycles. The van der Waals surface area contributed by atoms with Gasteiger partial charge in [-0.2, -0.15) is 5.26 Å². The van der Waals surface area contributed by atoms with Crippen molar-refractivity contribution < 1.29 is 0 Å². The summed E-state index contributed by atoms with van der Waals surface area (Å²) in [4.78, 5) is 0. The molecule has 2 heteroatoms. The molecule has 0 radical (unpaired) electrons. The zero-order valence-corrected chi connectivity index (χ0v) is 8.46. The van der Waals surface area contributed by atoms with Gasteiger partial charge in [-0.05, 0) is 12.3 Å². The first-order valence-corrected chi connectivity index (χ1v) is 4.83. The van der Waals surface area contributed by atoms with Crippen molar-refractivity contribution >= 4 is 11.8 Å². The maximum Gasteiger partial charge on any atom is 0.106 e. The van der Waals surface area contributed by atoms with Crippen LogP contribution >= 0.6 is 11.8 Å². The van der Waals surface area contributed by atoms with Crippen LogP contribution in [0.25, 0.3) is 0 Å². The Hall–Kier alpha value is -0.160. The fourth-order valence-electron chi connectivity index (χ4n) is 1.26. The van der Waals surface area contributed by atoms with Crippen molar-refractivity contribution in [2.24, 2.45) is 5.92 Å². The smallest absolute Gasteiger partial charge is 0.106 e. The van der Waals surface area contributed by atoms with Crippen LogP contribution in [0.3, 0.4) is 0 Å². The molecule has 0 heterocycles. The van der Waals surface area contributed by atoms with Gasteiger partial charge in [-0.25, -0.2) is 0 Å². The van der Waals surface area contributed by atoms with Crippen LogP contribution in [0.1, 0.15) is 34.1 Å². The minimum Gasteiger partial charge on any atom is -0.197 e. The van der Waals surface area contributed by atoms with Gasteiger partial charge in [0.05, 0.1) is 6.07 Å². The number of hydrogen-bond donors (Lipinski definition) is 0. The van der Waals surface area contributed by atoms with Gasteiger partial charge in [0, 0.05) is 4.75 Å². The molecule has 0 aromatic heterocycles. The Morgan fingerprint density at radius 3 is 2.09 bits per heavy atom. The highest BCUT2D eigenvalue weighted by molar-refractivity contribution is 8.02. The van der Waals surface area contributed by atoms with Gasteiger partial charge in [0.2, 0.25) is 0 Å². The van der Waals surface area contributed by atoms with E-state index < -0.39 is 0 Å². The van der Waals surface area contributed by atoms with Gasteiger partial charge in [-0.15, -0.1) is 11.8 Å². The Kier molecular flexibility index (Phi) is 1.96. The van der Waals surface area contributed by atoms with Gasteiger partial charge in [0.15, 0.2) is 0 Å². The van der Waals surface area contributed by atoms with Crippen LogP contribution in [-0.4, -0.2) is 9.49 Å². The van der Waals surface area contributed by atoms with Gasteiger partial charge in [-0.1, -0.05) is 27.7 Å². The predicted molar refractivity (Wildman–Crippen MR) is 49.5 cm³/mol. The molecule has 1 nitrogen and oxygen atoms in total. The Labute approximate surface area is 73.2 Å². The average Bonchev–Trinajstić information content (AvgIpc) is 2.39. The fourth-order valence-corrected chi connectivity index (χ4v) is 2.94. The summed E-state index contributed by atoms with van der Waals surface area (Å²) in [6.45, 7) is 8.66. The summed E-state index contributed by atoms with van der Waals surface area (Å²) in [7, 11) is 0. The van der Waals surface area contributed by atoms with E-state index in [9.17, 15) is 0 Å².